The highest BCUT2D eigenvalue weighted by Crippen LogP contribution is 2.31. The molecule has 1 aromatic heterocycles. The van der Waals surface area contributed by atoms with Crippen molar-refractivity contribution in [2.75, 3.05) is 4.90 Å². The molecule has 0 saturated carbocycles. The third-order valence-corrected chi connectivity index (χ3v) is 3.41. The van der Waals surface area contributed by atoms with Gasteiger partial charge in [0.25, 0.3) is 5.91 Å². The van der Waals surface area contributed by atoms with Crippen molar-refractivity contribution in [1.82, 2.24) is 4.98 Å². The predicted octanol–water partition coefficient (Wildman–Crippen LogP) is 2.16. The van der Waals surface area contributed by atoms with E-state index in [1.54, 1.807) is 29.8 Å². The first-order chi connectivity index (χ1) is 9.18. The standard InChI is InChI=1S/C13H9N3O2S/c1-8(17)16-10-5-3-2-4-9(10)11(12(16)18)15-13-14-6-7-19-13/h2-7H,1H3/b15-11-. The lowest BCUT2D eigenvalue weighted by molar-refractivity contribution is -0.121. The number of fused-ring (bicyclic) bond motifs is 1. The lowest BCUT2D eigenvalue weighted by Gasteiger charge is -2.10. The minimum Gasteiger partial charge on any atom is -0.274 e. The Morgan fingerprint density at radius 3 is 2.84 bits per heavy atom. The van der Waals surface area contributed by atoms with Gasteiger partial charge in [0, 0.05) is 24.1 Å². The van der Waals surface area contributed by atoms with Crippen molar-refractivity contribution in [3.8, 4) is 0 Å². The first-order valence-electron chi connectivity index (χ1n) is 5.61. The summed E-state index contributed by atoms with van der Waals surface area (Å²) in [5.41, 5.74) is 1.51. The molecule has 1 aliphatic rings. The summed E-state index contributed by atoms with van der Waals surface area (Å²) in [7, 11) is 0. The molecule has 0 aliphatic carbocycles. The molecule has 0 bridgehead atoms. The van der Waals surface area contributed by atoms with Gasteiger partial charge in [-0.05, 0) is 6.07 Å². The number of anilines is 1. The molecule has 0 unspecified atom stereocenters. The number of rotatable bonds is 1. The monoisotopic (exact) mass is 271 g/mol. The molecule has 0 spiro atoms. The zero-order valence-electron chi connectivity index (χ0n) is 10.0. The molecule has 0 fully saturated rings. The van der Waals surface area contributed by atoms with Gasteiger partial charge < -0.3 is 0 Å². The van der Waals surface area contributed by atoms with Crippen molar-refractivity contribution >= 4 is 39.7 Å². The van der Waals surface area contributed by atoms with E-state index in [4.69, 9.17) is 0 Å². The van der Waals surface area contributed by atoms with Crippen LogP contribution in [0.15, 0.2) is 40.8 Å². The van der Waals surface area contributed by atoms with Crippen LogP contribution in [-0.2, 0) is 9.59 Å². The minimum absolute atomic E-state index is 0.265. The maximum absolute atomic E-state index is 12.3. The number of para-hydroxylation sites is 1. The Morgan fingerprint density at radius 1 is 1.37 bits per heavy atom. The summed E-state index contributed by atoms with van der Waals surface area (Å²) in [6.07, 6.45) is 1.62. The number of imide groups is 1. The molecular weight excluding hydrogens is 262 g/mol. The fraction of sp³-hybridized carbons (Fsp3) is 0.0769. The third kappa shape index (κ3) is 1.86. The molecule has 0 N–H and O–H groups in total. The van der Waals surface area contributed by atoms with Crippen LogP contribution in [0.2, 0.25) is 0 Å². The van der Waals surface area contributed by atoms with Gasteiger partial charge in [-0.2, -0.15) is 0 Å². The number of amides is 2. The summed E-state index contributed by atoms with van der Waals surface area (Å²) in [5, 5.41) is 2.29. The Hall–Kier alpha value is -2.34. The van der Waals surface area contributed by atoms with Crippen molar-refractivity contribution in [1.29, 1.82) is 0 Å². The smallest absolute Gasteiger partial charge is 0.274 e. The second kappa shape index (κ2) is 4.40. The summed E-state index contributed by atoms with van der Waals surface area (Å²) >= 11 is 1.34. The summed E-state index contributed by atoms with van der Waals surface area (Å²) in [6.45, 7) is 1.36. The van der Waals surface area contributed by atoms with Gasteiger partial charge in [0.2, 0.25) is 11.0 Å². The molecule has 1 aromatic carbocycles. The number of hydrogen-bond acceptors (Lipinski definition) is 5. The van der Waals surface area contributed by atoms with Crippen LogP contribution < -0.4 is 4.90 Å². The Kier molecular flexibility index (Phi) is 2.72. The van der Waals surface area contributed by atoms with Gasteiger partial charge in [-0.1, -0.05) is 18.2 Å². The van der Waals surface area contributed by atoms with Gasteiger partial charge in [-0.15, -0.1) is 11.3 Å². The van der Waals surface area contributed by atoms with Crippen LogP contribution in [0.3, 0.4) is 0 Å². The molecule has 2 aromatic rings. The van der Waals surface area contributed by atoms with Crippen molar-refractivity contribution < 1.29 is 9.59 Å². The average Bonchev–Trinajstić information content (AvgIpc) is 2.97. The molecule has 94 valence electrons. The second-order valence-electron chi connectivity index (χ2n) is 3.95. The van der Waals surface area contributed by atoms with Crippen LogP contribution in [0.5, 0.6) is 0 Å². The van der Waals surface area contributed by atoms with E-state index in [1.165, 1.54) is 18.3 Å². The number of aromatic nitrogens is 1. The van der Waals surface area contributed by atoms with E-state index in [9.17, 15) is 9.59 Å². The molecule has 19 heavy (non-hydrogen) atoms. The normalized spacial score (nSPS) is 15.9. The van der Waals surface area contributed by atoms with Gasteiger partial charge in [0.1, 0.15) is 5.71 Å². The molecule has 6 heteroatoms. The Bertz CT molecular complexity index is 692. The van der Waals surface area contributed by atoms with E-state index in [0.29, 0.717) is 16.4 Å². The first-order valence-corrected chi connectivity index (χ1v) is 6.49. The molecular formula is C13H9N3O2S. The lowest BCUT2D eigenvalue weighted by atomic mass is 10.1. The highest BCUT2D eigenvalue weighted by atomic mass is 32.1. The van der Waals surface area contributed by atoms with Gasteiger partial charge in [-0.25, -0.2) is 14.9 Å². The van der Waals surface area contributed by atoms with Crippen molar-refractivity contribution in [2.45, 2.75) is 6.92 Å². The van der Waals surface area contributed by atoms with Crippen molar-refractivity contribution in [2.24, 2.45) is 4.99 Å². The number of carbonyl (C=O) groups is 2. The second-order valence-corrected chi connectivity index (χ2v) is 4.82. The summed E-state index contributed by atoms with van der Waals surface area (Å²) in [6, 6.07) is 7.11. The van der Waals surface area contributed by atoms with E-state index in [2.05, 4.69) is 9.98 Å². The van der Waals surface area contributed by atoms with Crippen LogP contribution in [0.25, 0.3) is 0 Å². The zero-order chi connectivity index (χ0) is 13.4. The molecule has 2 amide bonds. The van der Waals surface area contributed by atoms with E-state index in [-0.39, 0.29) is 11.6 Å². The Morgan fingerprint density at radius 2 is 2.16 bits per heavy atom. The van der Waals surface area contributed by atoms with E-state index >= 15 is 0 Å². The number of nitrogens with zero attached hydrogens (tertiary/aromatic N) is 3. The van der Waals surface area contributed by atoms with Gasteiger partial charge >= 0.3 is 0 Å². The van der Waals surface area contributed by atoms with Crippen molar-refractivity contribution in [3.63, 3.8) is 0 Å². The quantitative estimate of drug-likeness (QED) is 0.798. The number of benzene rings is 1. The maximum atomic E-state index is 12.3. The number of carbonyl (C=O) groups excluding carboxylic acids is 2. The SMILES string of the molecule is CC(=O)N1C(=O)/C(=N\c2nccs2)c2ccccc21. The van der Waals surface area contributed by atoms with Crippen molar-refractivity contribution in [3.05, 3.63) is 41.4 Å². The molecule has 3 rings (SSSR count). The van der Waals surface area contributed by atoms with Crippen LogP contribution in [-0.4, -0.2) is 22.5 Å². The summed E-state index contributed by atoms with van der Waals surface area (Å²) < 4.78 is 0. The molecule has 0 saturated heterocycles. The largest absolute Gasteiger partial charge is 0.284 e. The number of thiazole rings is 1. The number of hydrogen-bond donors (Lipinski definition) is 0. The van der Waals surface area contributed by atoms with Gasteiger partial charge in [-0.3, -0.25) is 9.59 Å². The van der Waals surface area contributed by atoms with Gasteiger partial charge in [0.05, 0.1) is 5.69 Å². The molecule has 1 aliphatic heterocycles. The highest BCUT2D eigenvalue weighted by Gasteiger charge is 2.36. The van der Waals surface area contributed by atoms with Crippen LogP contribution in [0.1, 0.15) is 12.5 Å². The fourth-order valence-corrected chi connectivity index (χ4v) is 2.50. The molecule has 0 atom stereocenters. The summed E-state index contributed by atoms with van der Waals surface area (Å²) in [5.74, 6) is -0.717. The predicted molar refractivity (Wildman–Crippen MR) is 72.9 cm³/mol. The van der Waals surface area contributed by atoms with Crippen LogP contribution in [0, 0.1) is 0 Å². The fourth-order valence-electron chi connectivity index (χ4n) is 1.99. The first kappa shape index (κ1) is 11.7. The molecule has 2 heterocycles. The maximum Gasteiger partial charge on any atom is 0.284 e. The molecule has 5 nitrogen and oxygen atoms in total. The Balaban J connectivity index is 2.17. The Labute approximate surface area is 113 Å². The number of aliphatic imine (C=N–C) groups is 1. The average molecular weight is 271 g/mol. The zero-order valence-corrected chi connectivity index (χ0v) is 10.8. The van der Waals surface area contributed by atoms with Crippen LogP contribution in [0.4, 0.5) is 10.8 Å². The lowest BCUT2D eigenvalue weighted by Crippen LogP contribution is -2.34. The third-order valence-electron chi connectivity index (χ3n) is 2.75. The van der Waals surface area contributed by atoms with E-state index < -0.39 is 5.91 Å². The topological polar surface area (TPSA) is 62.6 Å². The summed E-state index contributed by atoms with van der Waals surface area (Å²) in [4.78, 5) is 33.3. The highest BCUT2D eigenvalue weighted by molar-refractivity contribution is 7.13. The molecule has 0 radical (unpaired) electrons. The van der Waals surface area contributed by atoms with E-state index in [0.717, 1.165) is 4.90 Å². The van der Waals surface area contributed by atoms with Gasteiger partial charge in [0.15, 0.2) is 0 Å². The van der Waals surface area contributed by atoms with E-state index in [1.807, 2.05) is 6.07 Å². The minimum atomic E-state index is -0.399. The van der Waals surface area contributed by atoms with Crippen LogP contribution >= 0.6 is 11.3 Å².